The van der Waals surface area contributed by atoms with Gasteiger partial charge in [-0.2, -0.15) is 0 Å². The van der Waals surface area contributed by atoms with Crippen LogP contribution < -0.4 is 5.32 Å². The Morgan fingerprint density at radius 2 is 2.27 bits per heavy atom. The maximum Gasteiger partial charge on any atom is 0.238 e. The van der Waals surface area contributed by atoms with E-state index < -0.39 is 0 Å². The number of nitrogens with one attached hydrogen (secondary N) is 1. The van der Waals surface area contributed by atoms with Gasteiger partial charge in [0.1, 0.15) is 0 Å². The molecule has 1 aromatic rings. The number of hydrogen-bond acceptors (Lipinski definition) is 3. The Hall–Kier alpha value is -0.870. The lowest BCUT2D eigenvalue weighted by atomic mass is 10.2. The minimum atomic E-state index is -0.124. The molecule has 0 aliphatic rings. The summed E-state index contributed by atoms with van der Waals surface area (Å²) in [7, 11) is 3.55. The zero-order chi connectivity index (χ0) is 11.4. The predicted molar refractivity (Wildman–Crippen MR) is 64.1 cm³/mol. The number of rotatable bonds is 4. The molecule has 1 heterocycles. The molecule has 0 spiro atoms. The molecule has 0 saturated heterocycles. The van der Waals surface area contributed by atoms with Crippen LogP contribution in [0.4, 0.5) is 0 Å². The fourth-order valence-electron chi connectivity index (χ4n) is 1.31. The average Bonchev–Trinajstić information content (AvgIpc) is 2.59. The Morgan fingerprint density at radius 3 is 2.73 bits per heavy atom. The Morgan fingerprint density at radius 1 is 1.60 bits per heavy atom. The first-order valence-electron chi connectivity index (χ1n) is 5.00. The van der Waals surface area contributed by atoms with E-state index in [1.54, 1.807) is 30.3 Å². The molecule has 1 N–H and O–H groups in total. The molecule has 0 aromatic carbocycles. The summed E-state index contributed by atoms with van der Waals surface area (Å²) in [4.78, 5) is 14.5. The van der Waals surface area contributed by atoms with Gasteiger partial charge < -0.3 is 10.2 Å². The van der Waals surface area contributed by atoms with Crippen LogP contribution in [0.15, 0.2) is 11.4 Å². The third kappa shape index (κ3) is 3.32. The highest BCUT2D eigenvalue weighted by Crippen LogP contribution is 2.15. The molecule has 3 nitrogen and oxygen atoms in total. The normalized spacial score (nSPS) is 12.5. The molecule has 1 rings (SSSR count). The molecule has 1 atom stereocenters. The number of carbonyl (C=O) groups excluding carboxylic acids is 1. The Labute approximate surface area is 95.1 Å². The van der Waals surface area contributed by atoms with Gasteiger partial charge in [0, 0.05) is 25.5 Å². The number of likely N-dealkylation sites (N-methyl/N-ethyl adjacent to an activating group) is 1. The van der Waals surface area contributed by atoms with Crippen molar-refractivity contribution in [2.24, 2.45) is 0 Å². The van der Waals surface area contributed by atoms with Crippen molar-refractivity contribution in [3.8, 4) is 0 Å². The van der Waals surface area contributed by atoms with Gasteiger partial charge in [0.05, 0.1) is 6.04 Å². The van der Waals surface area contributed by atoms with E-state index in [9.17, 15) is 4.79 Å². The molecule has 0 saturated carbocycles. The summed E-state index contributed by atoms with van der Waals surface area (Å²) in [5, 5.41) is 5.30. The fraction of sp³-hybridized carbons (Fsp3) is 0.545. The van der Waals surface area contributed by atoms with E-state index in [4.69, 9.17) is 0 Å². The van der Waals surface area contributed by atoms with Gasteiger partial charge >= 0.3 is 0 Å². The lowest BCUT2D eigenvalue weighted by Crippen LogP contribution is -2.41. The first-order valence-corrected chi connectivity index (χ1v) is 5.88. The zero-order valence-electron chi connectivity index (χ0n) is 9.70. The zero-order valence-corrected chi connectivity index (χ0v) is 10.5. The molecule has 15 heavy (non-hydrogen) atoms. The van der Waals surface area contributed by atoms with Crippen LogP contribution >= 0.6 is 11.3 Å². The number of carbonyl (C=O) groups is 1. The molecule has 0 aliphatic heterocycles. The van der Waals surface area contributed by atoms with Crippen LogP contribution in [0.25, 0.3) is 0 Å². The van der Waals surface area contributed by atoms with Gasteiger partial charge in [-0.3, -0.25) is 4.79 Å². The maximum absolute atomic E-state index is 11.6. The third-order valence-corrected chi connectivity index (χ3v) is 3.37. The van der Waals surface area contributed by atoms with Crippen LogP contribution in [0, 0.1) is 6.92 Å². The van der Waals surface area contributed by atoms with Gasteiger partial charge in [0.2, 0.25) is 5.91 Å². The van der Waals surface area contributed by atoms with Gasteiger partial charge in [-0.05, 0) is 30.9 Å². The van der Waals surface area contributed by atoms with Crippen LogP contribution in [0.5, 0.6) is 0 Å². The predicted octanol–water partition coefficient (Wildman–Crippen LogP) is 1.62. The van der Waals surface area contributed by atoms with Crippen LogP contribution in [0.3, 0.4) is 0 Å². The van der Waals surface area contributed by atoms with Crippen LogP contribution in [0.2, 0.25) is 0 Å². The van der Waals surface area contributed by atoms with E-state index in [0.29, 0.717) is 0 Å². The number of thiophene rings is 1. The molecule has 0 radical (unpaired) electrons. The van der Waals surface area contributed by atoms with Gasteiger partial charge in [-0.1, -0.05) is 0 Å². The van der Waals surface area contributed by atoms with E-state index >= 15 is 0 Å². The van der Waals surface area contributed by atoms with Gasteiger partial charge in [0.25, 0.3) is 0 Å². The molecule has 1 unspecified atom stereocenters. The largest absolute Gasteiger partial charge is 0.347 e. The van der Waals surface area contributed by atoms with Crippen molar-refractivity contribution >= 4 is 17.2 Å². The molecule has 4 heteroatoms. The molecule has 0 aliphatic carbocycles. The number of amides is 1. The third-order valence-electron chi connectivity index (χ3n) is 2.35. The standard InChI is InChI=1S/C11H18N2OS/c1-8-5-6-15-10(8)7-12-9(2)11(14)13(3)4/h5-6,9,12H,7H2,1-4H3. The molecule has 84 valence electrons. The van der Waals surface area contributed by atoms with Gasteiger partial charge in [0.15, 0.2) is 0 Å². The summed E-state index contributed by atoms with van der Waals surface area (Å²) >= 11 is 1.72. The SMILES string of the molecule is Cc1ccsc1CNC(C)C(=O)N(C)C. The van der Waals surface area contributed by atoms with E-state index in [1.165, 1.54) is 10.4 Å². The topological polar surface area (TPSA) is 32.3 Å². The second-order valence-electron chi connectivity index (χ2n) is 3.86. The molecular formula is C11H18N2OS. The van der Waals surface area contributed by atoms with Crippen molar-refractivity contribution in [3.63, 3.8) is 0 Å². The summed E-state index contributed by atoms with van der Waals surface area (Å²) in [6, 6.07) is 1.97. The molecule has 1 aromatic heterocycles. The number of aryl methyl sites for hydroxylation is 1. The Kier molecular flexibility index (Phi) is 4.29. The van der Waals surface area contributed by atoms with Crippen LogP contribution in [-0.2, 0) is 11.3 Å². The van der Waals surface area contributed by atoms with E-state index in [1.807, 2.05) is 6.92 Å². The second kappa shape index (κ2) is 5.28. The highest BCUT2D eigenvalue weighted by molar-refractivity contribution is 7.10. The van der Waals surface area contributed by atoms with Crippen molar-refractivity contribution < 1.29 is 4.79 Å². The Balaban J connectivity index is 2.44. The minimum Gasteiger partial charge on any atom is -0.347 e. The monoisotopic (exact) mass is 226 g/mol. The summed E-state index contributed by atoms with van der Waals surface area (Å²) in [6.07, 6.45) is 0. The molecule has 1 amide bonds. The number of hydrogen-bond donors (Lipinski definition) is 1. The highest BCUT2D eigenvalue weighted by atomic mass is 32.1. The molecular weight excluding hydrogens is 208 g/mol. The van der Waals surface area contributed by atoms with E-state index in [-0.39, 0.29) is 11.9 Å². The average molecular weight is 226 g/mol. The summed E-state index contributed by atoms with van der Waals surface area (Å²) < 4.78 is 0. The van der Waals surface area contributed by atoms with Gasteiger partial charge in [-0.15, -0.1) is 11.3 Å². The highest BCUT2D eigenvalue weighted by Gasteiger charge is 2.14. The first-order chi connectivity index (χ1) is 7.02. The second-order valence-corrected chi connectivity index (χ2v) is 4.86. The van der Waals surface area contributed by atoms with Crippen molar-refractivity contribution in [1.82, 2.24) is 10.2 Å². The number of nitrogens with zero attached hydrogens (tertiary/aromatic N) is 1. The summed E-state index contributed by atoms with van der Waals surface area (Å²) in [5.74, 6) is 0.115. The van der Waals surface area contributed by atoms with Crippen molar-refractivity contribution in [2.45, 2.75) is 26.4 Å². The smallest absolute Gasteiger partial charge is 0.238 e. The lowest BCUT2D eigenvalue weighted by Gasteiger charge is -2.17. The molecule has 0 fully saturated rings. The van der Waals surface area contributed by atoms with Gasteiger partial charge in [-0.25, -0.2) is 0 Å². The molecule has 0 bridgehead atoms. The lowest BCUT2D eigenvalue weighted by molar-refractivity contribution is -0.130. The first kappa shape index (κ1) is 12.2. The summed E-state index contributed by atoms with van der Waals surface area (Å²) in [6.45, 7) is 4.75. The minimum absolute atomic E-state index is 0.115. The van der Waals surface area contributed by atoms with Crippen LogP contribution in [-0.4, -0.2) is 30.9 Å². The van der Waals surface area contributed by atoms with Crippen molar-refractivity contribution in [1.29, 1.82) is 0 Å². The summed E-state index contributed by atoms with van der Waals surface area (Å²) in [5.41, 5.74) is 1.29. The van der Waals surface area contributed by atoms with E-state index in [2.05, 4.69) is 23.7 Å². The van der Waals surface area contributed by atoms with Crippen LogP contribution in [0.1, 0.15) is 17.4 Å². The maximum atomic E-state index is 11.6. The Bertz CT molecular complexity index is 333. The van der Waals surface area contributed by atoms with Crippen molar-refractivity contribution in [2.75, 3.05) is 14.1 Å². The van der Waals surface area contributed by atoms with E-state index in [0.717, 1.165) is 6.54 Å². The van der Waals surface area contributed by atoms with Crippen molar-refractivity contribution in [3.05, 3.63) is 21.9 Å². The quantitative estimate of drug-likeness (QED) is 0.846. The fourth-order valence-corrected chi connectivity index (χ4v) is 2.16.